The van der Waals surface area contributed by atoms with Gasteiger partial charge in [-0.15, -0.1) is 0 Å². The van der Waals surface area contributed by atoms with Gasteiger partial charge in [-0.1, -0.05) is 47.5 Å². The van der Waals surface area contributed by atoms with E-state index in [-0.39, 0.29) is 55.7 Å². The van der Waals surface area contributed by atoms with E-state index in [0.717, 1.165) is 12.1 Å². The molecule has 40 heavy (non-hydrogen) atoms. The highest BCUT2D eigenvalue weighted by Gasteiger charge is 2.28. The Morgan fingerprint density at radius 1 is 0.650 bits per heavy atom. The zero-order chi connectivity index (χ0) is 28.6. The molecule has 0 radical (unpaired) electrons. The molecule has 0 atom stereocenters. The fraction of sp³-hybridized carbons (Fsp3) is 0. The second kappa shape index (κ2) is 10.5. The minimum Gasteiger partial charge on any atom is -0.402 e. The van der Waals surface area contributed by atoms with Gasteiger partial charge in [0.05, 0.1) is 31.0 Å². The van der Waals surface area contributed by atoms with Gasteiger partial charge in [-0.05, 0) is 35.4 Å². The lowest BCUT2D eigenvalue weighted by Gasteiger charge is -2.02. The SMILES string of the molecule is O=C1OC(c2cc([N+](=O)[O-])ccc2Cl)=N/C1=C\c1ccc(/C=C2\N=C(c3cc([N+](=O)[O-])ccc3Cl)OC2=O)cc1. The number of hydrogen-bond donors (Lipinski definition) is 0. The van der Waals surface area contributed by atoms with Gasteiger partial charge in [0.1, 0.15) is 0 Å². The maximum atomic E-state index is 12.4. The van der Waals surface area contributed by atoms with Gasteiger partial charge in [0.2, 0.25) is 11.8 Å². The molecule has 0 amide bonds. The van der Waals surface area contributed by atoms with Crippen molar-refractivity contribution >= 4 is 70.5 Å². The summed E-state index contributed by atoms with van der Waals surface area (Å²) in [5.74, 6) is -1.86. The smallest absolute Gasteiger partial charge is 0.363 e. The van der Waals surface area contributed by atoms with Crippen LogP contribution in [0.2, 0.25) is 10.0 Å². The van der Waals surface area contributed by atoms with Crippen LogP contribution in [0.3, 0.4) is 0 Å². The van der Waals surface area contributed by atoms with Gasteiger partial charge in [0, 0.05) is 24.3 Å². The molecule has 3 aromatic rings. The molecule has 0 unspecified atom stereocenters. The molecule has 2 heterocycles. The van der Waals surface area contributed by atoms with Crippen LogP contribution < -0.4 is 0 Å². The first kappa shape index (κ1) is 26.4. The predicted molar refractivity (Wildman–Crippen MR) is 144 cm³/mol. The number of rotatable bonds is 6. The van der Waals surface area contributed by atoms with Gasteiger partial charge in [-0.3, -0.25) is 20.2 Å². The number of carbonyl (C=O) groups is 2. The fourth-order valence-corrected chi connectivity index (χ4v) is 4.03. The van der Waals surface area contributed by atoms with E-state index in [4.69, 9.17) is 32.7 Å². The molecular formula is C26H12Cl2N4O8. The summed E-state index contributed by atoms with van der Waals surface area (Å²) in [5.41, 5.74) is 0.745. The summed E-state index contributed by atoms with van der Waals surface area (Å²) in [6, 6.07) is 14.0. The molecule has 0 aromatic heterocycles. The van der Waals surface area contributed by atoms with Crippen molar-refractivity contribution in [2.24, 2.45) is 9.98 Å². The summed E-state index contributed by atoms with van der Waals surface area (Å²) in [7, 11) is 0. The Morgan fingerprint density at radius 3 is 1.38 bits per heavy atom. The maximum absolute atomic E-state index is 12.4. The van der Waals surface area contributed by atoms with Gasteiger partial charge in [-0.25, -0.2) is 19.6 Å². The maximum Gasteiger partial charge on any atom is 0.363 e. The number of carbonyl (C=O) groups excluding carboxylic acids is 2. The molecule has 12 nitrogen and oxygen atoms in total. The number of nitrogens with zero attached hydrogens (tertiary/aromatic N) is 4. The van der Waals surface area contributed by atoms with Crippen LogP contribution in [-0.2, 0) is 19.1 Å². The molecule has 0 bridgehead atoms. The highest BCUT2D eigenvalue weighted by atomic mass is 35.5. The number of cyclic esters (lactones) is 2. The van der Waals surface area contributed by atoms with Crippen molar-refractivity contribution < 1.29 is 28.9 Å². The van der Waals surface area contributed by atoms with Crippen molar-refractivity contribution in [2.75, 3.05) is 0 Å². The number of benzene rings is 3. The predicted octanol–water partition coefficient (Wildman–Crippen LogP) is 5.50. The molecule has 5 rings (SSSR count). The van der Waals surface area contributed by atoms with E-state index < -0.39 is 21.8 Å². The summed E-state index contributed by atoms with van der Waals surface area (Å²) in [6.45, 7) is 0. The Bertz CT molecular complexity index is 1630. The monoisotopic (exact) mass is 578 g/mol. The first-order valence-corrected chi connectivity index (χ1v) is 11.9. The second-order valence-electron chi connectivity index (χ2n) is 8.18. The highest BCUT2D eigenvalue weighted by Crippen LogP contribution is 2.29. The Morgan fingerprint density at radius 2 is 1.02 bits per heavy atom. The van der Waals surface area contributed by atoms with Crippen molar-refractivity contribution in [3.05, 3.63) is 125 Å². The van der Waals surface area contributed by atoms with E-state index in [2.05, 4.69) is 9.98 Å². The second-order valence-corrected chi connectivity index (χ2v) is 9.00. The first-order valence-electron chi connectivity index (χ1n) is 11.1. The number of nitro benzene ring substituents is 2. The van der Waals surface area contributed by atoms with Gasteiger partial charge in [0.25, 0.3) is 11.4 Å². The molecule has 198 valence electrons. The third-order valence-corrected chi connectivity index (χ3v) is 6.23. The normalized spacial score (nSPS) is 16.6. The van der Waals surface area contributed by atoms with Gasteiger partial charge in [0.15, 0.2) is 11.4 Å². The lowest BCUT2D eigenvalue weighted by atomic mass is 10.1. The molecule has 0 N–H and O–H groups in total. The van der Waals surface area contributed by atoms with Crippen LogP contribution in [0.25, 0.3) is 12.2 Å². The van der Waals surface area contributed by atoms with E-state index in [1.807, 2.05) is 0 Å². The molecule has 3 aromatic carbocycles. The van der Waals surface area contributed by atoms with E-state index in [9.17, 15) is 29.8 Å². The summed E-state index contributed by atoms with van der Waals surface area (Å²) in [5, 5.41) is 22.4. The quantitative estimate of drug-likeness (QED) is 0.160. The molecule has 2 aliphatic heterocycles. The number of aliphatic imine (C=N–C) groups is 2. The van der Waals surface area contributed by atoms with Crippen LogP contribution in [-0.4, -0.2) is 33.6 Å². The van der Waals surface area contributed by atoms with Crippen LogP contribution in [0, 0.1) is 20.2 Å². The van der Waals surface area contributed by atoms with Crippen molar-refractivity contribution in [3.63, 3.8) is 0 Å². The van der Waals surface area contributed by atoms with Gasteiger partial charge < -0.3 is 9.47 Å². The van der Waals surface area contributed by atoms with Crippen LogP contribution in [0.4, 0.5) is 11.4 Å². The minimum atomic E-state index is -0.765. The van der Waals surface area contributed by atoms with Crippen LogP contribution in [0.1, 0.15) is 22.3 Å². The Labute approximate surface area is 233 Å². The number of non-ortho nitro benzene ring substituents is 2. The van der Waals surface area contributed by atoms with Gasteiger partial charge >= 0.3 is 11.9 Å². The molecule has 0 fully saturated rings. The third kappa shape index (κ3) is 5.34. The number of ether oxygens (including phenoxy) is 2. The number of halogens is 2. The van der Waals surface area contributed by atoms with Crippen LogP contribution >= 0.6 is 23.2 Å². The van der Waals surface area contributed by atoms with Gasteiger partial charge in [-0.2, -0.15) is 0 Å². The molecule has 0 saturated heterocycles. The minimum absolute atomic E-state index is 0.0499. The number of hydrogen-bond acceptors (Lipinski definition) is 10. The van der Waals surface area contributed by atoms with E-state index in [0.29, 0.717) is 11.1 Å². The zero-order valence-corrected chi connectivity index (χ0v) is 21.3. The average Bonchev–Trinajstić information content (AvgIpc) is 3.46. The number of esters is 2. The Hall–Kier alpha value is -5.20. The molecule has 2 aliphatic rings. The summed E-state index contributed by atoms with van der Waals surface area (Å²) < 4.78 is 10.3. The lowest BCUT2D eigenvalue weighted by Crippen LogP contribution is -2.06. The third-order valence-electron chi connectivity index (χ3n) is 5.57. The largest absolute Gasteiger partial charge is 0.402 e. The summed E-state index contributed by atoms with van der Waals surface area (Å²) in [6.07, 6.45) is 2.89. The Kier molecular flexibility index (Phi) is 6.94. The van der Waals surface area contributed by atoms with Crippen LogP contribution in [0.5, 0.6) is 0 Å². The average molecular weight is 579 g/mol. The zero-order valence-electron chi connectivity index (χ0n) is 19.7. The molecule has 0 saturated carbocycles. The van der Waals surface area contributed by atoms with Crippen LogP contribution in [0.15, 0.2) is 82.0 Å². The standard InChI is InChI=1S/C26H12Cl2N4O8/c27-19-7-5-15(31(35)36)11-17(19)23-29-21(25(33)39-23)9-13-1-2-14(4-3-13)10-22-26(34)40-24(30-22)18-12-16(32(37)38)6-8-20(18)28/h1-12H/b21-9-,22-10-. The molecular weight excluding hydrogens is 567 g/mol. The Balaban J connectivity index is 1.38. The highest BCUT2D eigenvalue weighted by molar-refractivity contribution is 6.35. The van der Waals surface area contributed by atoms with Crippen molar-refractivity contribution in [1.29, 1.82) is 0 Å². The van der Waals surface area contributed by atoms with Crippen molar-refractivity contribution in [1.82, 2.24) is 0 Å². The van der Waals surface area contributed by atoms with E-state index >= 15 is 0 Å². The lowest BCUT2D eigenvalue weighted by molar-refractivity contribution is -0.385. The van der Waals surface area contributed by atoms with Crippen molar-refractivity contribution in [3.8, 4) is 0 Å². The topological polar surface area (TPSA) is 164 Å². The molecule has 14 heteroatoms. The van der Waals surface area contributed by atoms with E-state index in [1.54, 1.807) is 24.3 Å². The first-order chi connectivity index (χ1) is 19.1. The molecule has 0 spiro atoms. The summed E-state index contributed by atoms with van der Waals surface area (Å²) in [4.78, 5) is 53.9. The van der Waals surface area contributed by atoms with E-state index in [1.165, 1.54) is 36.4 Å². The number of nitro groups is 2. The molecule has 0 aliphatic carbocycles. The summed E-state index contributed by atoms with van der Waals surface area (Å²) >= 11 is 12.2. The fourth-order valence-electron chi connectivity index (χ4n) is 3.63. The van der Waals surface area contributed by atoms with Crippen molar-refractivity contribution in [2.45, 2.75) is 0 Å².